The Kier molecular flexibility index (Phi) is 5.74. The van der Waals surface area contributed by atoms with Gasteiger partial charge in [-0.3, -0.25) is 4.68 Å². The summed E-state index contributed by atoms with van der Waals surface area (Å²) in [5.41, 5.74) is 5.07. The molecule has 0 aliphatic heterocycles. The summed E-state index contributed by atoms with van der Waals surface area (Å²) in [5, 5.41) is 4.79. The number of benzene rings is 3. The average molecular weight is 435 g/mol. The maximum atomic E-state index is 13.8. The van der Waals surface area contributed by atoms with Crippen LogP contribution in [0.25, 0.3) is 22.4 Å². The molecule has 0 spiro atoms. The Morgan fingerprint density at radius 2 is 1.61 bits per heavy atom. The van der Waals surface area contributed by atoms with E-state index in [-0.39, 0.29) is 10.7 Å². The highest BCUT2D eigenvalue weighted by Crippen LogP contribution is 2.32. The summed E-state index contributed by atoms with van der Waals surface area (Å²) in [6.45, 7) is 2.43. The molecule has 1 heterocycles. The van der Waals surface area contributed by atoms with Gasteiger partial charge >= 0.3 is 0 Å². The first-order valence-corrected chi connectivity index (χ1v) is 11.9. The van der Waals surface area contributed by atoms with E-state index in [1.165, 1.54) is 17.9 Å². The van der Waals surface area contributed by atoms with Gasteiger partial charge in [-0.2, -0.15) is 5.10 Å². The summed E-state index contributed by atoms with van der Waals surface area (Å²) in [5.74, 6) is -0.251. The smallest absolute Gasteiger partial charge is 0.175 e. The number of aryl methyl sites for hydroxylation is 3. The van der Waals surface area contributed by atoms with Gasteiger partial charge in [-0.25, -0.2) is 12.8 Å². The van der Waals surface area contributed by atoms with E-state index < -0.39 is 9.84 Å². The Hall–Kier alpha value is -3.25. The van der Waals surface area contributed by atoms with Gasteiger partial charge in [0.25, 0.3) is 0 Å². The molecule has 0 fully saturated rings. The largest absolute Gasteiger partial charge is 0.271 e. The van der Waals surface area contributed by atoms with E-state index in [2.05, 4.69) is 12.1 Å². The lowest BCUT2D eigenvalue weighted by molar-refractivity contribution is 0.602. The topological polar surface area (TPSA) is 52.0 Å². The number of rotatable bonds is 6. The fraction of sp³-hybridized carbons (Fsp3) is 0.160. The zero-order valence-electron chi connectivity index (χ0n) is 17.4. The van der Waals surface area contributed by atoms with Crippen LogP contribution in [0.3, 0.4) is 0 Å². The number of sulfone groups is 1. The van der Waals surface area contributed by atoms with E-state index in [0.717, 1.165) is 28.8 Å². The fourth-order valence-electron chi connectivity index (χ4n) is 3.52. The first-order chi connectivity index (χ1) is 14.8. The van der Waals surface area contributed by atoms with Gasteiger partial charge in [-0.15, -0.1) is 0 Å². The Bertz CT molecular complexity index is 1310. The van der Waals surface area contributed by atoms with Crippen molar-refractivity contribution in [1.29, 1.82) is 0 Å². The first-order valence-electron chi connectivity index (χ1n) is 10.00. The van der Waals surface area contributed by atoms with E-state index >= 15 is 0 Å². The Labute approximate surface area is 181 Å². The molecule has 0 amide bonds. The van der Waals surface area contributed by atoms with E-state index in [0.29, 0.717) is 12.1 Å². The normalized spacial score (nSPS) is 11.6. The summed E-state index contributed by atoms with van der Waals surface area (Å²) >= 11 is 0. The van der Waals surface area contributed by atoms with Crippen molar-refractivity contribution in [3.8, 4) is 22.4 Å². The van der Waals surface area contributed by atoms with Crippen LogP contribution in [0.1, 0.15) is 11.1 Å². The van der Waals surface area contributed by atoms with Gasteiger partial charge in [0.05, 0.1) is 4.90 Å². The number of hydrogen-bond acceptors (Lipinski definition) is 3. The molecule has 4 nitrogen and oxygen atoms in total. The highest BCUT2D eigenvalue weighted by molar-refractivity contribution is 7.90. The van der Waals surface area contributed by atoms with Crippen molar-refractivity contribution in [1.82, 2.24) is 9.78 Å². The molecule has 31 heavy (non-hydrogen) atoms. The van der Waals surface area contributed by atoms with Gasteiger partial charge in [-0.1, -0.05) is 48.5 Å². The molecule has 0 saturated heterocycles. The zero-order chi connectivity index (χ0) is 22.0. The lowest BCUT2D eigenvalue weighted by Crippen LogP contribution is -2.02. The highest BCUT2D eigenvalue weighted by atomic mass is 32.2. The summed E-state index contributed by atoms with van der Waals surface area (Å²) in [4.78, 5) is 0.263. The molecule has 0 unspecified atom stereocenters. The van der Waals surface area contributed by atoms with Crippen LogP contribution in [0.4, 0.5) is 4.39 Å². The summed E-state index contributed by atoms with van der Waals surface area (Å²) in [6, 6.07) is 21.9. The lowest BCUT2D eigenvalue weighted by atomic mass is 10.0. The Balaban J connectivity index is 1.74. The van der Waals surface area contributed by atoms with E-state index in [9.17, 15) is 12.8 Å². The van der Waals surface area contributed by atoms with Crippen molar-refractivity contribution in [3.63, 3.8) is 0 Å². The molecule has 0 N–H and O–H groups in total. The van der Waals surface area contributed by atoms with E-state index in [1.807, 2.05) is 35.1 Å². The van der Waals surface area contributed by atoms with Crippen LogP contribution in [0.5, 0.6) is 0 Å². The third-order valence-corrected chi connectivity index (χ3v) is 6.39. The minimum Gasteiger partial charge on any atom is -0.271 e. The summed E-state index contributed by atoms with van der Waals surface area (Å²) in [7, 11) is -3.28. The van der Waals surface area contributed by atoms with Crippen molar-refractivity contribution in [3.05, 3.63) is 95.9 Å². The Morgan fingerprint density at radius 1 is 0.935 bits per heavy atom. The minimum atomic E-state index is -3.28. The van der Waals surface area contributed by atoms with Crippen LogP contribution in [-0.2, 0) is 22.8 Å². The zero-order valence-corrected chi connectivity index (χ0v) is 18.2. The number of nitrogens with zero attached hydrogens (tertiary/aromatic N) is 2. The SMILES string of the molecule is Cc1cc(-c2cn(CCc3ccccc3)nc2-c2ccc(S(C)(=O)=O)cc2)ccc1F. The summed E-state index contributed by atoms with van der Waals surface area (Å²) in [6.07, 6.45) is 3.99. The lowest BCUT2D eigenvalue weighted by Gasteiger charge is -2.06. The fourth-order valence-corrected chi connectivity index (χ4v) is 4.15. The second-order valence-corrected chi connectivity index (χ2v) is 9.67. The predicted octanol–water partition coefficient (Wildman–Crippen LogP) is 5.31. The maximum absolute atomic E-state index is 13.8. The van der Waals surface area contributed by atoms with Gasteiger partial charge < -0.3 is 0 Å². The summed E-state index contributed by atoms with van der Waals surface area (Å²) < 4.78 is 39.3. The molecule has 0 bridgehead atoms. The molecule has 4 rings (SSSR count). The number of hydrogen-bond donors (Lipinski definition) is 0. The molecule has 0 saturated carbocycles. The number of halogens is 1. The maximum Gasteiger partial charge on any atom is 0.175 e. The molecule has 158 valence electrons. The van der Waals surface area contributed by atoms with Crippen LogP contribution in [0, 0.1) is 12.7 Å². The standard InChI is InChI=1S/C25H23FN2O2S/c1-18-16-21(10-13-24(18)26)23-17-28(15-14-19-6-4-3-5-7-19)27-25(23)20-8-11-22(12-9-20)31(2,29)30/h3-13,16-17H,14-15H2,1-2H3. The molecule has 0 aliphatic rings. The van der Waals surface area contributed by atoms with Crippen LogP contribution in [0.15, 0.2) is 83.9 Å². The molecule has 3 aromatic carbocycles. The monoisotopic (exact) mass is 434 g/mol. The van der Waals surface area contributed by atoms with Gasteiger partial charge in [0, 0.05) is 30.1 Å². The molecular weight excluding hydrogens is 411 g/mol. The van der Waals surface area contributed by atoms with Crippen molar-refractivity contribution < 1.29 is 12.8 Å². The van der Waals surface area contributed by atoms with Crippen LogP contribution >= 0.6 is 0 Å². The third kappa shape index (κ3) is 4.75. The molecule has 6 heteroatoms. The molecule has 0 atom stereocenters. The van der Waals surface area contributed by atoms with Crippen molar-refractivity contribution in [2.45, 2.75) is 24.8 Å². The Morgan fingerprint density at radius 3 is 2.26 bits per heavy atom. The van der Waals surface area contributed by atoms with Gasteiger partial charge in [0.2, 0.25) is 0 Å². The van der Waals surface area contributed by atoms with Crippen molar-refractivity contribution in [2.75, 3.05) is 6.26 Å². The van der Waals surface area contributed by atoms with Crippen LogP contribution < -0.4 is 0 Å². The van der Waals surface area contributed by atoms with Crippen LogP contribution in [-0.4, -0.2) is 24.5 Å². The van der Waals surface area contributed by atoms with Gasteiger partial charge in [0.1, 0.15) is 11.5 Å². The van der Waals surface area contributed by atoms with Gasteiger partial charge in [-0.05, 0) is 54.3 Å². The van der Waals surface area contributed by atoms with Crippen molar-refractivity contribution in [2.24, 2.45) is 0 Å². The van der Waals surface area contributed by atoms with E-state index in [1.54, 1.807) is 37.3 Å². The molecule has 1 aromatic heterocycles. The van der Waals surface area contributed by atoms with Crippen molar-refractivity contribution >= 4 is 9.84 Å². The first kappa shape index (κ1) is 21.0. The van der Waals surface area contributed by atoms with E-state index in [4.69, 9.17) is 5.10 Å². The average Bonchev–Trinajstić information content (AvgIpc) is 3.19. The quantitative estimate of drug-likeness (QED) is 0.413. The second kappa shape index (κ2) is 8.47. The highest BCUT2D eigenvalue weighted by Gasteiger charge is 2.15. The molecule has 0 radical (unpaired) electrons. The minimum absolute atomic E-state index is 0.251. The molecule has 4 aromatic rings. The third-order valence-electron chi connectivity index (χ3n) is 5.26. The van der Waals surface area contributed by atoms with Gasteiger partial charge in [0.15, 0.2) is 9.84 Å². The van der Waals surface area contributed by atoms with Crippen LogP contribution in [0.2, 0.25) is 0 Å². The number of aromatic nitrogens is 2. The molecule has 0 aliphatic carbocycles. The predicted molar refractivity (Wildman–Crippen MR) is 121 cm³/mol. The second-order valence-electron chi connectivity index (χ2n) is 7.65. The molecular formula is C25H23FN2O2S.